The fraction of sp³-hybridized carbons (Fsp3) is 0.357. The van der Waals surface area contributed by atoms with Crippen molar-refractivity contribution in [3.63, 3.8) is 0 Å². The number of imidazole rings is 1. The highest BCUT2D eigenvalue weighted by Gasteiger charge is 2.09. The molecule has 0 saturated heterocycles. The predicted octanol–water partition coefficient (Wildman–Crippen LogP) is 2.69. The highest BCUT2D eigenvalue weighted by Crippen LogP contribution is 2.24. The lowest BCUT2D eigenvalue weighted by Crippen LogP contribution is -2.01. The fourth-order valence-corrected chi connectivity index (χ4v) is 1.96. The number of hydrogen-bond acceptors (Lipinski definition) is 3. The minimum Gasteiger partial charge on any atom is -0.383 e. The molecule has 1 aromatic heterocycles. The van der Waals surface area contributed by atoms with Crippen LogP contribution in [0.15, 0.2) is 30.6 Å². The van der Waals surface area contributed by atoms with Crippen LogP contribution in [0.4, 0.5) is 5.82 Å². The van der Waals surface area contributed by atoms with Crippen molar-refractivity contribution >= 4 is 5.82 Å². The second-order valence-corrected chi connectivity index (χ2v) is 4.30. The lowest BCUT2D eigenvalue weighted by atomic mass is 10.1. The molecule has 0 fully saturated rings. The van der Waals surface area contributed by atoms with E-state index in [1.807, 2.05) is 28.8 Å². The highest BCUT2D eigenvalue weighted by atomic mass is 16.5. The first-order chi connectivity index (χ1) is 8.76. The zero-order valence-corrected chi connectivity index (χ0v) is 10.9. The molecule has 1 heterocycles. The molecule has 2 rings (SSSR count). The van der Waals surface area contributed by atoms with Crippen LogP contribution in [-0.4, -0.2) is 16.7 Å². The molecule has 0 spiro atoms. The van der Waals surface area contributed by atoms with Gasteiger partial charge in [0.05, 0.1) is 12.9 Å². The molecule has 0 aliphatic rings. The van der Waals surface area contributed by atoms with Crippen LogP contribution in [0.2, 0.25) is 0 Å². The van der Waals surface area contributed by atoms with E-state index in [9.17, 15) is 0 Å². The van der Waals surface area contributed by atoms with Crippen molar-refractivity contribution in [2.75, 3.05) is 12.8 Å². The molecule has 1 aromatic carbocycles. The van der Waals surface area contributed by atoms with Gasteiger partial charge in [-0.1, -0.05) is 31.2 Å². The van der Waals surface area contributed by atoms with Gasteiger partial charge in [-0.05, 0) is 12.0 Å². The van der Waals surface area contributed by atoms with E-state index in [1.165, 1.54) is 0 Å². The second kappa shape index (κ2) is 5.69. The Labute approximate surface area is 107 Å². The summed E-state index contributed by atoms with van der Waals surface area (Å²) in [6.07, 6.45) is 2.85. The van der Waals surface area contributed by atoms with E-state index in [2.05, 4.69) is 11.9 Å². The van der Waals surface area contributed by atoms with Crippen molar-refractivity contribution in [2.45, 2.75) is 26.5 Å². The predicted molar refractivity (Wildman–Crippen MR) is 73.1 cm³/mol. The normalized spacial score (nSPS) is 10.8. The third-order valence-electron chi connectivity index (χ3n) is 2.88. The van der Waals surface area contributed by atoms with Crippen LogP contribution >= 0.6 is 0 Å². The average molecular weight is 245 g/mol. The number of aryl methyl sites for hydroxylation is 1. The Morgan fingerprint density at radius 1 is 1.28 bits per heavy atom. The summed E-state index contributed by atoms with van der Waals surface area (Å²) in [7, 11) is 1.69. The summed E-state index contributed by atoms with van der Waals surface area (Å²) in [4.78, 5) is 4.39. The van der Waals surface area contributed by atoms with Gasteiger partial charge in [-0.3, -0.25) is 0 Å². The maximum Gasteiger partial charge on any atom is 0.131 e. The summed E-state index contributed by atoms with van der Waals surface area (Å²) in [6, 6.07) is 8.14. The lowest BCUT2D eigenvalue weighted by molar-refractivity contribution is 0.185. The van der Waals surface area contributed by atoms with Crippen LogP contribution in [0.1, 0.15) is 18.9 Å². The fourth-order valence-electron chi connectivity index (χ4n) is 1.96. The van der Waals surface area contributed by atoms with Crippen molar-refractivity contribution in [3.05, 3.63) is 36.2 Å². The van der Waals surface area contributed by atoms with Gasteiger partial charge in [0.1, 0.15) is 11.5 Å². The van der Waals surface area contributed by atoms with Gasteiger partial charge in [0.2, 0.25) is 0 Å². The van der Waals surface area contributed by atoms with Gasteiger partial charge in [0, 0.05) is 19.2 Å². The lowest BCUT2D eigenvalue weighted by Gasteiger charge is -2.05. The largest absolute Gasteiger partial charge is 0.383 e. The van der Waals surface area contributed by atoms with Gasteiger partial charge < -0.3 is 15.0 Å². The summed E-state index contributed by atoms with van der Waals surface area (Å²) in [5.41, 5.74) is 9.14. The minimum atomic E-state index is 0.625. The number of methoxy groups -OCH3 is 1. The SMILES string of the molecule is CCCn1cnc(-c2ccc(COC)cc2)c1N. The summed E-state index contributed by atoms with van der Waals surface area (Å²) in [5, 5.41) is 0. The molecular formula is C14H19N3O. The molecule has 0 unspecified atom stereocenters. The minimum absolute atomic E-state index is 0.625. The molecule has 0 atom stereocenters. The van der Waals surface area contributed by atoms with Crippen LogP contribution in [0.5, 0.6) is 0 Å². The number of benzene rings is 1. The van der Waals surface area contributed by atoms with Crippen LogP contribution in [0.3, 0.4) is 0 Å². The summed E-state index contributed by atoms with van der Waals surface area (Å²) in [5.74, 6) is 0.733. The Hall–Kier alpha value is -1.81. The number of ether oxygens (including phenoxy) is 1. The molecular weight excluding hydrogens is 226 g/mol. The van der Waals surface area contributed by atoms with Crippen LogP contribution in [0, 0.1) is 0 Å². The Balaban J connectivity index is 2.25. The van der Waals surface area contributed by atoms with Crippen molar-refractivity contribution in [2.24, 2.45) is 0 Å². The van der Waals surface area contributed by atoms with E-state index in [0.29, 0.717) is 6.61 Å². The van der Waals surface area contributed by atoms with Gasteiger partial charge in [-0.25, -0.2) is 4.98 Å². The van der Waals surface area contributed by atoms with Gasteiger partial charge in [0.15, 0.2) is 0 Å². The molecule has 0 aliphatic carbocycles. The first kappa shape index (κ1) is 12.6. The average Bonchev–Trinajstić information content (AvgIpc) is 2.73. The van der Waals surface area contributed by atoms with Crippen molar-refractivity contribution in [3.8, 4) is 11.3 Å². The number of hydrogen-bond donors (Lipinski definition) is 1. The molecule has 18 heavy (non-hydrogen) atoms. The second-order valence-electron chi connectivity index (χ2n) is 4.30. The first-order valence-corrected chi connectivity index (χ1v) is 6.15. The quantitative estimate of drug-likeness (QED) is 0.881. The van der Waals surface area contributed by atoms with E-state index >= 15 is 0 Å². The number of nitrogen functional groups attached to an aromatic ring is 1. The number of anilines is 1. The molecule has 0 amide bonds. The third kappa shape index (κ3) is 2.54. The molecule has 0 saturated carbocycles. The molecule has 2 aromatic rings. The van der Waals surface area contributed by atoms with E-state index < -0.39 is 0 Å². The molecule has 96 valence electrons. The molecule has 4 heteroatoms. The number of aromatic nitrogens is 2. The monoisotopic (exact) mass is 245 g/mol. The van der Waals surface area contributed by atoms with Gasteiger partial charge in [0.25, 0.3) is 0 Å². The maximum absolute atomic E-state index is 6.09. The van der Waals surface area contributed by atoms with Gasteiger partial charge in [-0.15, -0.1) is 0 Å². The van der Waals surface area contributed by atoms with Gasteiger partial charge in [-0.2, -0.15) is 0 Å². The first-order valence-electron chi connectivity index (χ1n) is 6.15. The molecule has 0 radical (unpaired) electrons. The number of nitrogens with zero attached hydrogens (tertiary/aromatic N) is 2. The third-order valence-corrected chi connectivity index (χ3v) is 2.88. The Morgan fingerprint density at radius 3 is 2.61 bits per heavy atom. The number of rotatable bonds is 5. The van der Waals surface area contributed by atoms with Crippen molar-refractivity contribution in [1.82, 2.24) is 9.55 Å². The zero-order chi connectivity index (χ0) is 13.0. The molecule has 2 N–H and O–H groups in total. The van der Waals surface area contributed by atoms with E-state index in [0.717, 1.165) is 35.6 Å². The van der Waals surface area contributed by atoms with E-state index in [-0.39, 0.29) is 0 Å². The van der Waals surface area contributed by atoms with Crippen LogP contribution < -0.4 is 5.73 Å². The van der Waals surface area contributed by atoms with Crippen molar-refractivity contribution < 1.29 is 4.74 Å². The Bertz CT molecular complexity index is 502. The maximum atomic E-state index is 6.09. The Kier molecular flexibility index (Phi) is 3.99. The van der Waals surface area contributed by atoms with Crippen molar-refractivity contribution in [1.29, 1.82) is 0 Å². The summed E-state index contributed by atoms with van der Waals surface area (Å²) < 4.78 is 7.07. The van der Waals surface area contributed by atoms with E-state index in [1.54, 1.807) is 13.4 Å². The molecule has 4 nitrogen and oxygen atoms in total. The van der Waals surface area contributed by atoms with Gasteiger partial charge >= 0.3 is 0 Å². The van der Waals surface area contributed by atoms with E-state index in [4.69, 9.17) is 10.5 Å². The molecule has 0 aliphatic heterocycles. The topological polar surface area (TPSA) is 53.1 Å². The number of nitrogens with two attached hydrogens (primary N) is 1. The smallest absolute Gasteiger partial charge is 0.131 e. The van der Waals surface area contributed by atoms with Crippen LogP contribution in [0.25, 0.3) is 11.3 Å². The Morgan fingerprint density at radius 2 is 2.00 bits per heavy atom. The van der Waals surface area contributed by atoms with Crippen LogP contribution in [-0.2, 0) is 17.9 Å². The standard InChI is InChI=1S/C14H19N3O/c1-3-8-17-10-16-13(14(17)15)12-6-4-11(5-7-12)9-18-2/h4-7,10H,3,8-9,15H2,1-2H3. The molecule has 0 bridgehead atoms. The summed E-state index contributed by atoms with van der Waals surface area (Å²) in [6.45, 7) is 3.65. The summed E-state index contributed by atoms with van der Waals surface area (Å²) >= 11 is 0. The highest BCUT2D eigenvalue weighted by molar-refractivity contribution is 5.70. The zero-order valence-electron chi connectivity index (χ0n) is 10.9.